The highest BCUT2D eigenvalue weighted by Crippen LogP contribution is 2.15. The van der Waals surface area contributed by atoms with Crippen LogP contribution in [0.1, 0.15) is 6.42 Å². The number of benzene rings is 1. The third kappa shape index (κ3) is 6.90. The standard InChI is InChI=1S/C21H34N6O2/c1-22-21(24-9-10-25-15-17-29-18-16-25)23-8-7-20(28)27-13-11-26(12-14-27)19-5-3-2-4-6-19/h2-6H,7-18H2,1H3,(H2,22,23,24). The molecule has 0 spiro atoms. The molecule has 3 rings (SSSR count). The molecule has 0 bridgehead atoms. The largest absolute Gasteiger partial charge is 0.379 e. The molecule has 1 aromatic carbocycles. The number of anilines is 1. The molecule has 29 heavy (non-hydrogen) atoms. The number of hydrogen-bond donors (Lipinski definition) is 2. The Labute approximate surface area is 173 Å². The molecule has 8 heteroatoms. The van der Waals surface area contributed by atoms with Gasteiger partial charge < -0.3 is 25.2 Å². The molecule has 160 valence electrons. The van der Waals surface area contributed by atoms with E-state index in [1.54, 1.807) is 7.05 Å². The van der Waals surface area contributed by atoms with Gasteiger partial charge in [0.25, 0.3) is 0 Å². The number of ether oxygens (including phenoxy) is 1. The number of amides is 1. The molecule has 1 amide bonds. The molecule has 0 saturated carbocycles. The summed E-state index contributed by atoms with van der Waals surface area (Å²) in [5, 5.41) is 6.57. The van der Waals surface area contributed by atoms with Crippen LogP contribution in [0.4, 0.5) is 5.69 Å². The summed E-state index contributed by atoms with van der Waals surface area (Å²) in [5.74, 6) is 0.953. The molecule has 0 atom stereocenters. The van der Waals surface area contributed by atoms with Gasteiger partial charge in [-0.05, 0) is 12.1 Å². The first kappa shape index (κ1) is 21.4. The second kappa shape index (κ2) is 11.6. The van der Waals surface area contributed by atoms with Crippen molar-refractivity contribution in [3.05, 3.63) is 30.3 Å². The number of piperazine rings is 1. The van der Waals surface area contributed by atoms with Gasteiger partial charge in [-0.1, -0.05) is 18.2 Å². The number of para-hydroxylation sites is 1. The molecule has 8 nitrogen and oxygen atoms in total. The van der Waals surface area contributed by atoms with Crippen LogP contribution >= 0.6 is 0 Å². The molecule has 2 aliphatic rings. The van der Waals surface area contributed by atoms with Crippen LogP contribution in [0.3, 0.4) is 0 Å². The number of hydrogen-bond acceptors (Lipinski definition) is 5. The molecule has 0 unspecified atom stereocenters. The van der Waals surface area contributed by atoms with Crippen molar-refractivity contribution in [1.29, 1.82) is 0 Å². The van der Waals surface area contributed by atoms with E-state index in [4.69, 9.17) is 4.74 Å². The van der Waals surface area contributed by atoms with E-state index in [-0.39, 0.29) is 5.91 Å². The number of nitrogens with one attached hydrogen (secondary N) is 2. The summed E-state index contributed by atoms with van der Waals surface area (Å²) >= 11 is 0. The Morgan fingerprint density at radius 1 is 1.00 bits per heavy atom. The fourth-order valence-corrected chi connectivity index (χ4v) is 3.68. The average Bonchev–Trinajstić information content (AvgIpc) is 2.79. The van der Waals surface area contributed by atoms with E-state index in [1.165, 1.54) is 5.69 Å². The lowest BCUT2D eigenvalue weighted by Crippen LogP contribution is -2.49. The maximum atomic E-state index is 12.5. The minimum atomic E-state index is 0.203. The monoisotopic (exact) mass is 402 g/mol. The van der Waals surface area contributed by atoms with E-state index in [2.05, 4.69) is 49.7 Å². The molecular weight excluding hydrogens is 368 g/mol. The predicted molar refractivity (Wildman–Crippen MR) is 116 cm³/mol. The highest BCUT2D eigenvalue weighted by atomic mass is 16.5. The number of carbonyl (C=O) groups is 1. The Balaban J connectivity index is 1.29. The second-order valence-electron chi connectivity index (χ2n) is 7.33. The number of rotatable bonds is 7. The van der Waals surface area contributed by atoms with Crippen molar-refractivity contribution in [3.63, 3.8) is 0 Å². The number of aliphatic imine (C=N–C) groups is 1. The van der Waals surface area contributed by atoms with Gasteiger partial charge in [-0.3, -0.25) is 14.7 Å². The highest BCUT2D eigenvalue weighted by molar-refractivity contribution is 5.81. The first-order chi connectivity index (χ1) is 14.3. The number of nitrogens with zero attached hydrogens (tertiary/aromatic N) is 4. The van der Waals surface area contributed by atoms with Gasteiger partial charge in [0.15, 0.2) is 5.96 Å². The smallest absolute Gasteiger partial charge is 0.224 e. The molecule has 0 aromatic heterocycles. The fourth-order valence-electron chi connectivity index (χ4n) is 3.68. The molecule has 1 aromatic rings. The maximum Gasteiger partial charge on any atom is 0.224 e. The zero-order valence-electron chi connectivity index (χ0n) is 17.5. The molecule has 2 saturated heterocycles. The summed E-state index contributed by atoms with van der Waals surface area (Å²) in [7, 11) is 1.76. The van der Waals surface area contributed by atoms with E-state index in [9.17, 15) is 4.79 Å². The summed E-state index contributed by atoms with van der Waals surface area (Å²) in [5.41, 5.74) is 1.23. The first-order valence-corrected chi connectivity index (χ1v) is 10.6. The van der Waals surface area contributed by atoms with Crippen LogP contribution in [0.5, 0.6) is 0 Å². The van der Waals surface area contributed by atoms with E-state index < -0.39 is 0 Å². The van der Waals surface area contributed by atoms with Crippen LogP contribution in [0, 0.1) is 0 Å². The van der Waals surface area contributed by atoms with Gasteiger partial charge in [-0.25, -0.2) is 0 Å². The van der Waals surface area contributed by atoms with Gasteiger partial charge in [0.2, 0.25) is 5.91 Å². The summed E-state index contributed by atoms with van der Waals surface area (Å²) in [4.78, 5) is 23.4. The summed E-state index contributed by atoms with van der Waals surface area (Å²) < 4.78 is 5.37. The Kier molecular flexibility index (Phi) is 8.58. The van der Waals surface area contributed by atoms with Crippen LogP contribution in [-0.4, -0.2) is 101 Å². The van der Waals surface area contributed by atoms with Crippen molar-refractivity contribution in [2.75, 3.05) is 84.1 Å². The van der Waals surface area contributed by atoms with Crippen molar-refractivity contribution in [2.24, 2.45) is 4.99 Å². The Morgan fingerprint density at radius 2 is 1.69 bits per heavy atom. The van der Waals surface area contributed by atoms with Gasteiger partial charge in [0, 0.05) is 78.1 Å². The number of carbonyl (C=O) groups excluding carboxylic acids is 1. The van der Waals surface area contributed by atoms with Gasteiger partial charge in [0.05, 0.1) is 13.2 Å². The zero-order valence-corrected chi connectivity index (χ0v) is 17.5. The zero-order chi connectivity index (χ0) is 20.3. The highest BCUT2D eigenvalue weighted by Gasteiger charge is 2.20. The fraction of sp³-hybridized carbons (Fsp3) is 0.619. The van der Waals surface area contributed by atoms with E-state index in [1.807, 2.05) is 11.0 Å². The maximum absolute atomic E-state index is 12.5. The quantitative estimate of drug-likeness (QED) is 0.502. The molecular formula is C21H34N6O2. The Hall–Kier alpha value is -2.32. The third-order valence-electron chi connectivity index (χ3n) is 5.43. The minimum absolute atomic E-state index is 0.203. The van der Waals surface area contributed by atoms with Crippen molar-refractivity contribution in [3.8, 4) is 0 Å². The van der Waals surface area contributed by atoms with Crippen molar-refractivity contribution >= 4 is 17.6 Å². The lowest BCUT2D eigenvalue weighted by atomic mass is 10.2. The first-order valence-electron chi connectivity index (χ1n) is 10.6. The van der Waals surface area contributed by atoms with Crippen molar-refractivity contribution in [1.82, 2.24) is 20.4 Å². The van der Waals surface area contributed by atoms with E-state index in [0.29, 0.717) is 13.0 Å². The summed E-state index contributed by atoms with van der Waals surface area (Å²) in [6.45, 7) is 9.31. The van der Waals surface area contributed by atoms with Crippen LogP contribution in [0.15, 0.2) is 35.3 Å². The average molecular weight is 403 g/mol. The summed E-state index contributed by atoms with van der Waals surface area (Å²) in [6, 6.07) is 10.4. The molecule has 0 radical (unpaired) electrons. The molecule has 2 fully saturated rings. The lowest BCUT2D eigenvalue weighted by molar-refractivity contribution is -0.131. The Bertz CT molecular complexity index is 640. The third-order valence-corrected chi connectivity index (χ3v) is 5.43. The molecule has 2 aliphatic heterocycles. The lowest BCUT2D eigenvalue weighted by Gasteiger charge is -2.36. The van der Waals surface area contributed by atoms with Crippen molar-refractivity contribution < 1.29 is 9.53 Å². The summed E-state index contributed by atoms with van der Waals surface area (Å²) in [6.07, 6.45) is 0.482. The number of morpholine rings is 1. The molecule has 2 heterocycles. The van der Waals surface area contributed by atoms with Crippen LogP contribution in [0.2, 0.25) is 0 Å². The molecule has 2 N–H and O–H groups in total. The van der Waals surface area contributed by atoms with Gasteiger partial charge in [0.1, 0.15) is 0 Å². The minimum Gasteiger partial charge on any atom is -0.379 e. The van der Waals surface area contributed by atoms with Crippen molar-refractivity contribution in [2.45, 2.75) is 6.42 Å². The van der Waals surface area contributed by atoms with E-state index in [0.717, 1.165) is 71.5 Å². The van der Waals surface area contributed by atoms with Crippen LogP contribution in [-0.2, 0) is 9.53 Å². The predicted octanol–water partition coefficient (Wildman–Crippen LogP) is 0.223. The van der Waals surface area contributed by atoms with Gasteiger partial charge in [-0.15, -0.1) is 0 Å². The van der Waals surface area contributed by atoms with E-state index >= 15 is 0 Å². The SMILES string of the molecule is CN=C(NCCC(=O)N1CCN(c2ccccc2)CC1)NCCN1CCOCC1. The Morgan fingerprint density at radius 3 is 2.38 bits per heavy atom. The normalized spacial score (nSPS) is 18.6. The second-order valence-corrected chi connectivity index (χ2v) is 7.33. The van der Waals surface area contributed by atoms with Gasteiger partial charge >= 0.3 is 0 Å². The topological polar surface area (TPSA) is 72.4 Å². The van der Waals surface area contributed by atoms with Crippen LogP contribution in [0.25, 0.3) is 0 Å². The number of guanidine groups is 1. The van der Waals surface area contributed by atoms with Crippen LogP contribution < -0.4 is 15.5 Å². The van der Waals surface area contributed by atoms with Gasteiger partial charge in [-0.2, -0.15) is 0 Å². The molecule has 0 aliphatic carbocycles.